The predicted octanol–water partition coefficient (Wildman–Crippen LogP) is 3.44. The normalized spacial score (nSPS) is 18.5. The van der Waals surface area contributed by atoms with Crippen LogP contribution in [0.15, 0.2) is 36.4 Å². The smallest absolute Gasteiger partial charge is 0.266 e. The van der Waals surface area contributed by atoms with Crippen molar-refractivity contribution in [1.29, 1.82) is 0 Å². The maximum Gasteiger partial charge on any atom is 0.266 e. The summed E-state index contributed by atoms with van der Waals surface area (Å²) >= 11 is 18.5. The Labute approximate surface area is 250 Å². The Morgan fingerprint density at radius 2 is 1.67 bits per heavy atom. The first-order valence-corrected chi connectivity index (χ1v) is 15.1. The minimum absolute atomic E-state index is 0. The van der Waals surface area contributed by atoms with E-state index >= 15 is 0 Å². The molecule has 0 spiro atoms. The van der Waals surface area contributed by atoms with Crippen LogP contribution in [0.4, 0.5) is 5.69 Å². The van der Waals surface area contributed by atoms with Gasteiger partial charge in [0.25, 0.3) is 11.8 Å². The largest absolute Gasteiger partial charge is 0.380 e. The number of amides is 2. The Balaban J connectivity index is 0.00000420. The number of sulfonamides is 1. The maximum atomic E-state index is 13.1. The minimum atomic E-state index is -3.68. The topological polar surface area (TPSA) is 119 Å². The van der Waals surface area contributed by atoms with Gasteiger partial charge in [-0.05, 0) is 56.2 Å². The van der Waals surface area contributed by atoms with E-state index < -0.39 is 27.4 Å². The third kappa shape index (κ3) is 7.52. The van der Waals surface area contributed by atoms with Crippen molar-refractivity contribution < 1.29 is 23.1 Å². The van der Waals surface area contributed by atoms with Crippen LogP contribution < -0.4 is 10.0 Å². The molecular weight excluding hydrogens is 607 g/mol. The van der Waals surface area contributed by atoms with Crippen molar-refractivity contribution in [2.24, 2.45) is 0 Å². The number of benzene rings is 2. The van der Waals surface area contributed by atoms with Crippen LogP contribution >= 0.6 is 48.3 Å². The minimum Gasteiger partial charge on any atom is -0.380 e. The number of halogens is 3. The summed E-state index contributed by atoms with van der Waals surface area (Å²) in [6.07, 6.45) is 2.47. The quantitative estimate of drug-likeness (QED) is 0.426. The van der Waals surface area contributed by atoms with Crippen LogP contribution in [0.1, 0.15) is 35.7 Å². The van der Waals surface area contributed by atoms with Crippen LogP contribution in [0.3, 0.4) is 0 Å². The van der Waals surface area contributed by atoms with Crippen molar-refractivity contribution in [3.63, 3.8) is 0 Å². The zero-order valence-electron chi connectivity index (χ0n) is 21.4. The summed E-state index contributed by atoms with van der Waals surface area (Å²) in [5.41, 5.74) is -0.670. The van der Waals surface area contributed by atoms with Crippen LogP contribution in [0, 0.1) is 0 Å². The number of carbonyl (C=O) groups is 2. The summed E-state index contributed by atoms with van der Waals surface area (Å²) in [5, 5.41) is 15.2. The second-order valence-electron chi connectivity index (χ2n) is 9.91. The van der Waals surface area contributed by atoms with Gasteiger partial charge in [0.2, 0.25) is 10.0 Å². The van der Waals surface area contributed by atoms with E-state index in [1.165, 1.54) is 19.1 Å². The van der Waals surface area contributed by atoms with Crippen LogP contribution in [0.2, 0.25) is 15.1 Å². The van der Waals surface area contributed by atoms with Gasteiger partial charge in [0, 0.05) is 53.5 Å². The zero-order chi connectivity index (χ0) is 27.8. The van der Waals surface area contributed by atoms with Gasteiger partial charge < -0.3 is 15.3 Å². The van der Waals surface area contributed by atoms with Gasteiger partial charge >= 0.3 is 0 Å². The average molecular weight is 638 g/mol. The third-order valence-electron chi connectivity index (χ3n) is 6.91. The molecule has 0 unspecified atom stereocenters. The standard InChI is InChI=1S/C25H29Cl3N4O5S.H2S/c1-25(35,20-11-15(26)3-6-21(20)27)24(34)31-9-7-18(8-10-31)32-13-17(14-32)29-16-4-5-19(22(28)12-16)23(33)30-38(2,36)37;/h3-6,11-12,17-18,29,35H,7-10,13-14H2,1-2H3,(H,30,33);1H2/t25-;/m0./s1. The summed E-state index contributed by atoms with van der Waals surface area (Å²) in [5.74, 6) is -1.17. The van der Waals surface area contributed by atoms with Crippen LogP contribution in [0.5, 0.6) is 0 Å². The zero-order valence-corrected chi connectivity index (χ0v) is 25.5. The van der Waals surface area contributed by atoms with E-state index in [-0.39, 0.29) is 35.1 Å². The van der Waals surface area contributed by atoms with Crippen LogP contribution in [-0.4, -0.2) is 79.7 Å². The third-order valence-corrected chi connectivity index (χ3v) is 8.34. The second kappa shape index (κ2) is 12.4. The predicted molar refractivity (Wildman–Crippen MR) is 159 cm³/mol. The van der Waals surface area contributed by atoms with E-state index in [0.29, 0.717) is 29.7 Å². The highest BCUT2D eigenvalue weighted by atomic mass is 35.5. The number of piperidine rings is 1. The summed E-state index contributed by atoms with van der Waals surface area (Å²) in [6.45, 7) is 4.12. The Hall–Kier alpha value is -1.73. The van der Waals surface area contributed by atoms with E-state index in [9.17, 15) is 23.1 Å². The molecule has 1 atom stereocenters. The van der Waals surface area contributed by atoms with Gasteiger partial charge in [-0.15, -0.1) is 0 Å². The van der Waals surface area contributed by atoms with Crippen molar-refractivity contribution in [1.82, 2.24) is 14.5 Å². The fraction of sp³-hybridized carbons (Fsp3) is 0.440. The van der Waals surface area contributed by atoms with Gasteiger partial charge in [0.15, 0.2) is 5.60 Å². The molecule has 14 heteroatoms. The van der Waals surface area contributed by atoms with E-state index in [1.54, 1.807) is 29.2 Å². The Bertz CT molecular complexity index is 1350. The molecule has 3 N–H and O–H groups in total. The van der Waals surface area contributed by atoms with Gasteiger partial charge in [-0.1, -0.05) is 34.8 Å². The lowest BCUT2D eigenvalue weighted by Crippen LogP contribution is -2.61. The molecule has 0 bridgehead atoms. The van der Waals surface area contributed by atoms with Gasteiger partial charge in [-0.3, -0.25) is 14.5 Å². The van der Waals surface area contributed by atoms with Crippen molar-refractivity contribution in [2.45, 2.75) is 37.5 Å². The number of nitrogens with zero attached hydrogens (tertiary/aromatic N) is 2. The first kappa shape index (κ1) is 31.8. The number of hydrogen-bond donors (Lipinski definition) is 3. The lowest BCUT2D eigenvalue weighted by atomic mass is 9.92. The fourth-order valence-electron chi connectivity index (χ4n) is 4.88. The van der Waals surface area contributed by atoms with E-state index in [4.69, 9.17) is 34.8 Å². The molecule has 9 nitrogen and oxygen atoms in total. The highest BCUT2D eigenvalue weighted by molar-refractivity contribution is 7.89. The molecule has 2 amide bonds. The molecule has 2 aliphatic heterocycles. The van der Waals surface area contributed by atoms with Gasteiger partial charge in [0.1, 0.15) is 0 Å². The first-order valence-electron chi connectivity index (χ1n) is 12.0. The number of hydrogen-bond acceptors (Lipinski definition) is 7. The lowest BCUT2D eigenvalue weighted by Gasteiger charge is -2.48. The molecule has 214 valence electrons. The van der Waals surface area contributed by atoms with Crippen molar-refractivity contribution in [2.75, 3.05) is 37.8 Å². The molecule has 2 aromatic rings. The summed E-state index contributed by atoms with van der Waals surface area (Å²) in [6, 6.07) is 9.98. The molecular formula is C25H31Cl3N4O5S2. The number of aliphatic hydroxyl groups is 1. The molecule has 4 rings (SSSR count). The Morgan fingerprint density at radius 3 is 2.26 bits per heavy atom. The summed E-state index contributed by atoms with van der Waals surface area (Å²) < 4.78 is 24.5. The second-order valence-corrected chi connectivity index (χ2v) is 12.9. The highest BCUT2D eigenvalue weighted by Crippen LogP contribution is 2.33. The van der Waals surface area contributed by atoms with Gasteiger partial charge in [-0.25, -0.2) is 13.1 Å². The van der Waals surface area contributed by atoms with E-state index in [0.717, 1.165) is 37.9 Å². The summed E-state index contributed by atoms with van der Waals surface area (Å²) in [4.78, 5) is 29.2. The molecule has 2 saturated heterocycles. The molecule has 0 radical (unpaired) electrons. The molecule has 2 fully saturated rings. The number of nitrogens with one attached hydrogen (secondary N) is 2. The number of carbonyl (C=O) groups excluding carboxylic acids is 2. The molecule has 0 saturated carbocycles. The van der Waals surface area contributed by atoms with Crippen molar-refractivity contribution >= 4 is 75.8 Å². The molecule has 2 heterocycles. The highest BCUT2D eigenvalue weighted by Gasteiger charge is 2.41. The number of rotatable bonds is 7. The number of anilines is 1. The Kier molecular flexibility index (Phi) is 10.1. The molecule has 2 aliphatic rings. The molecule has 0 aromatic heterocycles. The van der Waals surface area contributed by atoms with Crippen molar-refractivity contribution in [3.05, 3.63) is 62.6 Å². The van der Waals surface area contributed by atoms with Crippen LogP contribution in [0.25, 0.3) is 0 Å². The average Bonchev–Trinajstić information content (AvgIpc) is 2.81. The van der Waals surface area contributed by atoms with Gasteiger partial charge in [-0.2, -0.15) is 13.5 Å². The SMILES string of the molecule is C[C@@](O)(C(=O)N1CCC(N2CC(Nc3ccc(C(=O)NS(C)(=O)=O)c(Cl)c3)C2)CC1)c1cc(Cl)ccc1Cl.S. The monoisotopic (exact) mass is 636 g/mol. The van der Waals surface area contributed by atoms with Crippen LogP contribution in [-0.2, 0) is 20.4 Å². The molecule has 39 heavy (non-hydrogen) atoms. The van der Waals surface area contributed by atoms with E-state index in [1.807, 2.05) is 4.72 Å². The lowest BCUT2D eigenvalue weighted by molar-refractivity contribution is -0.152. The Morgan fingerprint density at radius 1 is 1.03 bits per heavy atom. The maximum absolute atomic E-state index is 13.1. The van der Waals surface area contributed by atoms with Gasteiger partial charge in [0.05, 0.1) is 22.9 Å². The number of likely N-dealkylation sites (tertiary alicyclic amines) is 2. The summed E-state index contributed by atoms with van der Waals surface area (Å²) in [7, 11) is -3.68. The van der Waals surface area contributed by atoms with Crippen molar-refractivity contribution in [3.8, 4) is 0 Å². The fourth-order valence-corrected chi connectivity index (χ4v) is 6.06. The molecule has 2 aromatic carbocycles. The first-order chi connectivity index (χ1) is 17.7. The molecule has 0 aliphatic carbocycles. The van der Waals surface area contributed by atoms with E-state index in [2.05, 4.69) is 10.2 Å².